The van der Waals surface area contributed by atoms with Crippen LogP contribution in [0.15, 0.2) is 51.8 Å². The SMILES string of the molecule is CN(C(=O)c1c(C2CC2)oc2ccc(S(=O)(=O)NCCCOCCOCCOCCN)cc12)c1ccc(F)cc1. The number of carbonyl (C=O) groups is 1. The summed E-state index contributed by atoms with van der Waals surface area (Å²) in [6, 6.07) is 10.1. The lowest BCUT2D eigenvalue weighted by atomic mass is 10.1. The molecule has 40 heavy (non-hydrogen) atoms. The first-order valence-electron chi connectivity index (χ1n) is 13.3. The number of nitrogens with two attached hydrogens (primary N) is 1. The first-order valence-corrected chi connectivity index (χ1v) is 14.8. The molecule has 1 heterocycles. The third-order valence-corrected chi connectivity index (χ3v) is 7.90. The van der Waals surface area contributed by atoms with Gasteiger partial charge in [-0.1, -0.05) is 0 Å². The number of carbonyl (C=O) groups excluding carboxylic acids is 1. The van der Waals surface area contributed by atoms with Crippen molar-refractivity contribution in [2.45, 2.75) is 30.1 Å². The standard InChI is InChI=1S/C28H36FN3O7S/c1-32(22-7-5-21(29)6-8-22)28(33)26-24-19-23(9-10-25(24)39-27(26)20-3-4-20)40(34,35)31-12-2-13-36-15-17-38-18-16-37-14-11-30/h5-10,19-20,31H,2-4,11-18,30H2,1H3. The first-order chi connectivity index (χ1) is 19.3. The van der Waals surface area contributed by atoms with Crippen molar-refractivity contribution in [3.63, 3.8) is 0 Å². The molecule has 2 aromatic carbocycles. The van der Waals surface area contributed by atoms with Crippen molar-refractivity contribution in [2.24, 2.45) is 5.73 Å². The van der Waals surface area contributed by atoms with Gasteiger partial charge in [0, 0.05) is 43.7 Å². The number of benzene rings is 2. The molecule has 0 saturated heterocycles. The molecule has 1 amide bonds. The molecule has 12 heteroatoms. The van der Waals surface area contributed by atoms with Gasteiger partial charge in [-0.05, 0) is 61.7 Å². The van der Waals surface area contributed by atoms with Crippen molar-refractivity contribution in [3.8, 4) is 0 Å². The van der Waals surface area contributed by atoms with Crippen LogP contribution in [0.1, 0.15) is 41.3 Å². The van der Waals surface area contributed by atoms with Crippen molar-refractivity contribution in [1.29, 1.82) is 0 Å². The summed E-state index contributed by atoms with van der Waals surface area (Å²) in [5.41, 5.74) is 6.63. The van der Waals surface area contributed by atoms with Crippen molar-refractivity contribution >= 4 is 32.6 Å². The van der Waals surface area contributed by atoms with E-state index in [-0.39, 0.29) is 23.3 Å². The number of rotatable bonds is 17. The molecule has 3 N–H and O–H groups in total. The number of nitrogens with one attached hydrogen (secondary N) is 1. The Bertz CT molecular complexity index is 1370. The molecule has 0 spiro atoms. The Morgan fingerprint density at radius 2 is 1.68 bits per heavy atom. The largest absolute Gasteiger partial charge is 0.460 e. The van der Waals surface area contributed by atoms with Crippen LogP contribution in [0.25, 0.3) is 11.0 Å². The van der Waals surface area contributed by atoms with Crippen LogP contribution in [0.5, 0.6) is 0 Å². The van der Waals surface area contributed by atoms with E-state index in [4.69, 9.17) is 24.4 Å². The molecule has 0 aliphatic heterocycles. The van der Waals surface area contributed by atoms with E-state index in [1.165, 1.54) is 41.3 Å². The van der Waals surface area contributed by atoms with Gasteiger partial charge >= 0.3 is 0 Å². The van der Waals surface area contributed by atoms with Crippen LogP contribution in [-0.4, -0.2) is 74.1 Å². The van der Waals surface area contributed by atoms with E-state index in [1.807, 2.05) is 0 Å². The Balaban J connectivity index is 1.36. The van der Waals surface area contributed by atoms with E-state index in [0.29, 0.717) is 80.6 Å². The molecule has 0 atom stereocenters. The summed E-state index contributed by atoms with van der Waals surface area (Å²) in [6.45, 7) is 3.29. The molecule has 1 aliphatic carbocycles. The van der Waals surface area contributed by atoms with Gasteiger partial charge < -0.3 is 29.3 Å². The third-order valence-electron chi connectivity index (χ3n) is 6.44. The molecule has 10 nitrogen and oxygen atoms in total. The van der Waals surface area contributed by atoms with Crippen LogP contribution in [-0.2, 0) is 24.2 Å². The smallest absolute Gasteiger partial charge is 0.262 e. The number of furan rings is 1. The highest BCUT2D eigenvalue weighted by Gasteiger charge is 2.35. The van der Waals surface area contributed by atoms with Crippen LogP contribution in [0, 0.1) is 5.82 Å². The highest BCUT2D eigenvalue weighted by atomic mass is 32.2. The first kappa shape index (κ1) is 30.1. The maximum absolute atomic E-state index is 13.6. The number of ether oxygens (including phenoxy) is 3. The molecule has 0 radical (unpaired) electrons. The summed E-state index contributed by atoms with van der Waals surface area (Å²) in [4.78, 5) is 15.0. The fourth-order valence-electron chi connectivity index (χ4n) is 4.16. The van der Waals surface area contributed by atoms with Crippen LogP contribution in [0.3, 0.4) is 0 Å². The van der Waals surface area contributed by atoms with Gasteiger partial charge in [0.25, 0.3) is 5.91 Å². The zero-order valence-electron chi connectivity index (χ0n) is 22.6. The van der Waals surface area contributed by atoms with Crippen molar-refractivity contribution < 1.29 is 36.2 Å². The molecule has 218 valence electrons. The number of anilines is 1. The zero-order valence-corrected chi connectivity index (χ0v) is 23.4. The molecule has 1 aliphatic rings. The maximum atomic E-state index is 13.6. The Hall–Kier alpha value is -2.87. The van der Waals surface area contributed by atoms with Crippen LogP contribution < -0.4 is 15.4 Å². The van der Waals surface area contributed by atoms with Crippen LogP contribution >= 0.6 is 0 Å². The van der Waals surface area contributed by atoms with Gasteiger partial charge in [-0.25, -0.2) is 17.5 Å². The van der Waals surface area contributed by atoms with Crippen molar-refractivity contribution in [2.75, 3.05) is 64.7 Å². The van der Waals surface area contributed by atoms with E-state index in [0.717, 1.165) is 12.8 Å². The van der Waals surface area contributed by atoms with Gasteiger partial charge in [-0.15, -0.1) is 0 Å². The summed E-state index contributed by atoms with van der Waals surface area (Å²) < 4.78 is 64.1. The number of sulfonamides is 1. The number of hydrogen-bond acceptors (Lipinski definition) is 8. The van der Waals surface area contributed by atoms with Crippen molar-refractivity contribution in [3.05, 3.63) is 59.6 Å². The van der Waals surface area contributed by atoms with E-state index in [9.17, 15) is 17.6 Å². The molecule has 1 saturated carbocycles. The lowest BCUT2D eigenvalue weighted by Gasteiger charge is -2.17. The number of fused-ring (bicyclic) bond motifs is 1. The molecule has 1 aromatic heterocycles. The van der Waals surface area contributed by atoms with E-state index in [1.54, 1.807) is 13.1 Å². The number of hydrogen-bond donors (Lipinski definition) is 2. The molecule has 1 fully saturated rings. The second-order valence-electron chi connectivity index (χ2n) is 9.49. The Morgan fingerprint density at radius 3 is 2.33 bits per heavy atom. The second kappa shape index (κ2) is 14.2. The van der Waals surface area contributed by atoms with Crippen LogP contribution in [0.2, 0.25) is 0 Å². The van der Waals surface area contributed by atoms with Gasteiger partial charge in [0.15, 0.2) is 0 Å². The van der Waals surface area contributed by atoms with Gasteiger partial charge in [0.1, 0.15) is 17.2 Å². The fourth-order valence-corrected chi connectivity index (χ4v) is 5.26. The minimum Gasteiger partial charge on any atom is -0.460 e. The quantitative estimate of drug-likeness (QED) is 0.233. The summed E-state index contributed by atoms with van der Waals surface area (Å²) in [5.74, 6) is -0.0825. The molecular formula is C28H36FN3O7S. The second-order valence-corrected chi connectivity index (χ2v) is 11.3. The summed E-state index contributed by atoms with van der Waals surface area (Å²) >= 11 is 0. The molecular weight excluding hydrogens is 541 g/mol. The third kappa shape index (κ3) is 7.87. The van der Waals surface area contributed by atoms with Crippen molar-refractivity contribution in [1.82, 2.24) is 4.72 Å². The number of amides is 1. The summed E-state index contributed by atoms with van der Waals surface area (Å²) in [6.07, 6.45) is 2.26. The van der Waals surface area contributed by atoms with E-state index < -0.39 is 15.8 Å². The molecule has 0 bridgehead atoms. The Labute approximate surface area is 233 Å². The lowest BCUT2D eigenvalue weighted by Crippen LogP contribution is -2.27. The van der Waals surface area contributed by atoms with E-state index in [2.05, 4.69) is 4.72 Å². The van der Waals surface area contributed by atoms with Gasteiger partial charge in [-0.3, -0.25) is 4.79 Å². The summed E-state index contributed by atoms with van der Waals surface area (Å²) in [7, 11) is -2.24. The van der Waals surface area contributed by atoms with Crippen LogP contribution in [0.4, 0.5) is 10.1 Å². The minimum absolute atomic E-state index is 0.0350. The number of nitrogens with zero attached hydrogens (tertiary/aromatic N) is 1. The highest BCUT2D eigenvalue weighted by molar-refractivity contribution is 7.89. The normalized spacial score (nSPS) is 13.7. The lowest BCUT2D eigenvalue weighted by molar-refractivity contribution is 0.0157. The van der Waals surface area contributed by atoms with Gasteiger partial charge in [0.2, 0.25) is 10.0 Å². The van der Waals surface area contributed by atoms with Gasteiger partial charge in [0.05, 0.1) is 43.5 Å². The maximum Gasteiger partial charge on any atom is 0.262 e. The number of halogens is 1. The zero-order chi connectivity index (χ0) is 28.5. The monoisotopic (exact) mass is 577 g/mol. The van der Waals surface area contributed by atoms with Gasteiger partial charge in [-0.2, -0.15) is 0 Å². The predicted molar refractivity (Wildman–Crippen MR) is 149 cm³/mol. The average Bonchev–Trinajstić information content (AvgIpc) is 3.73. The predicted octanol–water partition coefficient (Wildman–Crippen LogP) is 3.40. The average molecular weight is 578 g/mol. The van der Waals surface area contributed by atoms with E-state index >= 15 is 0 Å². The minimum atomic E-state index is -3.84. The fraction of sp³-hybridized carbons (Fsp3) is 0.464. The Kier molecular flexibility index (Phi) is 10.6. The summed E-state index contributed by atoms with van der Waals surface area (Å²) in [5, 5.41) is 0.431. The molecule has 0 unspecified atom stereocenters. The topological polar surface area (TPSA) is 133 Å². The molecule has 3 aromatic rings. The highest BCUT2D eigenvalue weighted by Crippen LogP contribution is 2.45. The molecule has 4 rings (SSSR count). The Morgan fingerprint density at radius 1 is 1.02 bits per heavy atom.